The van der Waals surface area contributed by atoms with E-state index in [-0.39, 0.29) is 18.6 Å². The second-order valence-electron chi connectivity index (χ2n) is 3.20. The zero-order valence-corrected chi connectivity index (χ0v) is 8.16. The monoisotopic (exact) mass is 176 g/mol. The summed E-state index contributed by atoms with van der Waals surface area (Å²) in [5, 5.41) is 18.1. The van der Waals surface area contributed by atoms with Crippen molar-refractivity contribution in [2.24, 2.45) is 5.92 Å². The van der Waals surface area contributed by atoms with Crippen molar-refractivity contribution < 1.29 is 14.9 Å². The highest BCUT2D eigenvalue weighted by Crippen LogP contribution is 2.16. The third-order valence-corrected chi connectivity index (χ3v) is 2.29. The van der Waals surface area contributed by atoms with Crippen LogP contribution in [0.5, 0.6) is 0 Å². The second kappa shape index (κ2) is 6.40. The van der Waals surface area contributed by atoms with Gasteiger partial charge in [0, 0.05) is 7.11 Å². The third-order valence-electron chi connectivity index (χ3n) is 2.29. The zero-order valence-electron chi connectivity index (χ0n) is 8.16. The quantitative estimate of drug-likeness (QED) is 0.629. The van der Waals surface area contributed by atoms with Gasteiger partial charge in [0.05, 0.1) is 18.8 Å². The van der Waals surface area contributed by atoms with Gasteiger partial charge in [0.2, 0.25) is 0 Å². The van der Waals surface area contributed by atoms with Gasteiger partial charge < -0.3 is 14.9 Å². The van der Waals surface area contributed by atoms with Crippen molar-refractivity contribution in [3.05, 3.63) is 0 Å². The van der Waals surface area contributed by atoms with Crippen LogP contribution in [0.2, 0.25) is 0 Å². The molecular weight excluding hydrogens is 156 g/mol. The minimum atomic E-state index is -0.604. The van der Waals surface area contributed by atoms with Crippen LogP contribution in [0.25, 0.3) is 0 Å². The Morgan fingerprint density at radius 1 is 1.42 bits per heavy atom. The van der Waals surface area contributed by atoms with Crippen LogP contribution in [0.3, 0.4) is 0 Å². The fraction of sp³-hybridized carbons (Fsp3) is 1.00. The van der Waals surface area contributed by atoms with Crippen LogP contribution in [0.1, 0.15) is 26.7 Å². The second-order valence-corrected chi connectivity index (χ2v) is 3.20. The van der Waals surface area contributed by atoms with Crippen molar-refractivity contribution >= 4 is 0 Å². The molecule has 0 saturated carbocycles. The van der Waals surface area contributed by atoms with Gasteiger partial charge in [-0.25, -0.2) is 0 Å². The lowest BCUT2D eigenvalue weighted by atomic mass is 9.94. The number of hydrogen-bond donors (Lipinski definition) is 2. The molecule has 0 heterocycles. The molecule has 12 heavy (non-hydrogen) atoms. The highest BCUT2D eigenvalue weighted by atomic mass is 16.5. The Morgan fingerprint density at radius 3 is 2.33 bits per heavy atom. The van der Waals surface area contributed by atoms with Gasteiger partial charge >= 0.3 is 0 Å². The topological polar surface area (TPSA) is 49.7 Å². The predicted molar refractivity (Wildman–Crippen MR) is 48.0 cm³/mol. The maximum atomic E-state index is 9.36. The fourth-order valence-corrected chi connectivity index (χ4v) is 1.27. The molecule has 0 radical (unpaired) electrons. The molecule has 0 bridgehead atoms. The van der Waals surface area contributed by atoms with Crippen molar-refractivity contribution in [2.45, 2.75) is 38.9 Å². The lowest BCUT2D eigenvalue weighted by Crippen LogP contribution is -2.27. The van der Waals surface area contributed by atoms with E-state index in [2.05, 4.69) is 0 Å². The molecule has 3 unspecified atom stereocenters. The summed E-state index contributed by atoms with van der Waals surface area (Å²) >= 11 is 0. The Morgan fingerprint density at radius 2 is 2.00 bits per heavy atom. The first-order chi connectivity index (χ1) is 5.65. The zero-order chi connectivity index (χ0) is 9.56. The molecule has 2 N–H and O–H groups in total. The van der Waals surface area contributed by atoms with Gasteiger partial charge in [-0.2, -0.15) is 0 Å². The lowest BCUT2D eigenvalue weighted by molar-refractivity contribution is 0.0137. The highest BCUT2D eigenvalue weighted by Gasteiger charge is 2.18. The van der Waals surface area contributed by atoms with E-state index in [1.807, 2.05) is 13.8 Å². The van der Waals surface area contributed by atoms with Crippen molar-refractivity contribution in [2.75, 3.05) is 13.7 Å². The van der Waals surface area contributed by atoms with Crippen LogP contribution in [-0.4, -0.2) is 36.1 Å². The summed E-state index contributed by atoms with van der Waals surface area (Å²) in [7, 11) is 1.66. The van der Waals surface area contributed by atoms with Gasteiger partial charge in [0.15, 0.2) is 0 Å². The van der Waals surface area contributed by atoms with E-state index in [0.29, 0.717) is 0 Å². The van der Waals surface area contributed by atoms with Gasteiger partial charge in [-0.1, -0.05) is 13.3 Å². The summed E-state index contributed by atoms with van der Waals surface area (Å²) in [6.45, 7) is 3.81. The van der Waals surface area contributed by atoms with Crippen LogP contribution in [-0.2, 0) is 4.74 Å². The van der Waals surface area contributed by atoms with Gasteiger partial charge in [0.1, 0.15) is 0 Å². The summed E-state index contributed by atoms with van der Waals surface area (Å²) in [6, 6.07) is 0. The number of rotatable bonds is 6. The van der Waals surface area contributed by atoms with Crippen LogP contribution in [0.15, 0.2) is 0 Å². The van der Waals surface area contributed by atoms with Gasteiger partial charge in [0.25, 0.3) is 0 Å². The maximum absolute atomic E-state index is 9.36. The molecule has 0 aromatic rings. The van der Waals surface area contributed by atoms with Crippen LogP contribution >= 0.6 is 0 Å². The van der Waals surface area contributed by atoms with E-state index in [1.165, 1.54) is 0 Å². The number of aliphatic hydroxyl groups is 2. The molecule has 0 saturated heterocycles. The third kappa shape index (κ3) is 4.04. The van der Waals surface area contributed by atoms with E-state index in [4.69, 9.17) is 9.84 Å². The van der Waals surface area contributed by atoms with Crippen molar-refractivity contribution in [3.63, 3.8) is 0 Å². The molecule has 0 aromatic heterocycles. The summed E-state index contributed by atoms with van der Waals surface area (Å²) < 4.78 is 5.08. The Bertz CT molecular complexity index is 106. The van der Waals surface area contributed by atoms with E-state index < -0.39 is 6.10 Å². The number of ether oxygens (including phenoxy) is 1. The molecule has 0 spiro atoms. The first-order valence-electron chi connectivity index (χ1n) is 4.47. The molecule has 0 aliphatic rings. The lowest BCUT2D eigenvalue weighted by Gasteiger charge is -2.22. The minimum absolute atomic E-state index is 0.143. The summed E-state index contributed by atoms with van der Waals surface area (Å²) in [5.41, 5.74) is 0. The first-order valence-corrected chi connectivity index (χ1v) is 4.47. The highest BCUT2D eigenvalue weighted by molar-refractivity contribution is 4.69. The molecule has 0 amide bonds. The normalized spacial score (nSPS) is 18.8. The summed E-state index contributed by atoms with van der Waals surface area (Å²) in [5.74, 6) is 0.143. The minimum Gasteiger partial charge on any atom is -0.394 e. The van der Waals surface area contributed by atoms with Gasteiger partial charge in [-0.3, -0.25) is 0 Å². The van der Waals surface area contributed by atoms with Crippen molar-refractivity contribution in [1.29, 1.82) is 0 Å². The van der Waals surface area contributed by atoms with E-state index in [1.54, 1.807) is 7.11 Å². The fourth-order valence-electron chi connectivity index (χ4n) is 1.27. The molecular formula is C9H20O3. The molecule has 0 rings (SSSR count). The van der Waals surface area contributed by atoms with Crippen LogP contribution < -0.4 is 0 Å². The van der Waals surface area contributed by atoms with Gasteiger partial charge in [-0.15, -0.1) is 0 Å². The molecule has 3 nitrogen and oxygen atoms in total. The Labute approximate surface area is 74.4 Å². The summed E-state index contributed by atoms with van der Waals surface area (Å²) in [6.07, 6.45) is 1.22. The summed E-state index contributed by atoms with van der Waals surface area (Å²) in [4.78, 5) is 0. The molecule has 74 valence electrons. The number of hydrogen-bond acceptors (Lipinski definition) is 3. The predicted octanol–water partition coefficient (Wildman–Crippen LogP) is 0.791. The molecule has 3 heteroatoms. The molecule has 0 aliphatic heterocycles. The Hall–Kier alpha value is -0.120. The van der Waals surface area contributed by atoms with E-state index in [9.17, 15) is 5.11 Å². The number of methoxy groups -OCH3 is 1. The Kier molecular flexibility index (Phi) is 6.34. The van der Waals surface area contributed by atoms with Gasteiger partial charge in [-0.05, 0) is 19.3 Å². The van der Waals surface area contributed by atoms with Crippen molar-refractivity contribution in [3.8, 4) is 0 Å². The number of aliphatic hydroxyl groups excluding tert-OH is 2. The van der Waals surface area contributed by atoms with Crippen molar-refractivity contribution in [1.82, 2.24) is 0 Å². The average molecular weight is 176 g/mol. The van der Waals surface area contributed by atoms with E-state index in [0.717, 1.165) is 12.8 Å². The largest absolute Gasteiger partial charge is 0.394 e. The standard InChI is InChI=1S/C9H20O3/c1-4-8(9(11)6-10)5-7(2)12-3/h7-11H,4-6H2,1-3H3. The molecule has 3 atom stereocenters. The maximum Gasteiger partial charge on any atom is 0.0799 e. The molecule has 0 aliphatic carbocycles. The van der Waals surface area contributed by atoms with Crippen LogP contribution in [0, 0.1) is 5.92 Å². The Balaban J connectivity index is 3.81. The van der Waals surface area contributed by atoms with Crippen LogP contribution in [0.4, 0.5) is 0 Å². The SMILES string of the molecule is CCC(CC(C)OC)C(O)CO. The smallest absolute Gasteiger partial charge is 0.0799 e. The van der Waals surface area contributed by atoms with E-state index >= 15 is 0 Å². The average Bonchev–Trinajstić information content (AvgIpc) is 2.12. The molecule has 0 fully saturated rings. The first kappa shape index (κ1) is 11.9. The molecule has 0 aromatic carbocycles.